The lowest BCUT2D eigenvalue weighted by Crippen LogP contribution is -2.47. The monoisotopic (exact) mass is 332 g/mol. The summed E-state index contributed by atoms with van der Waals surface area (Å²) in [5.41, 5.74) is 0.587. The zero-order chi connectivity index (χ0) is 13.9. The number of hydrogen-bond acceptors (Lipinski definition) is 2. The summed E-state index contributed by atoms with van der Waals surface area (Å²) in [6.07, 6.45) is 0. The summed E-state index contributed by atoms with van der Waals surface area (Å²) < 4.78 is 0.835. The number of amides is 1. The van der Waals surface area contributed by atoms with Crippen LogP contribution in [0.4, 0.5) is 5.69 Å². The normalized spacial score (nSPS) is 13.0. The van der Waals surface area contributed by atoms with Crippen molar-refractivity contribution in [3.63, 3.8) is 0 Å². The summed E-state index contributed by atoms with van der Waals surface area (Å²) in [6, 6.07) is 5.18. The number of hydrogen-bond donors (Lipinski definition) is 2. The number of halogens is 2. The van der Waals surface area contributed by atoms with Crippen molar-refractivity contribution >= 4 is 39.1 Å². The van der Waals surface area contributed by atoms with Crippen LogP contribution in [-0.2, 0) is 4.79 Å². The van der Waals surface area contributed by atoms with Gasteiger partial charge in [-0.2, -0.15) is 0 Å². The molecule has 0 aliphatic carbocycles. The molecule has 1 rings (SSSR count). The maximum Gasteiger partial charge on any atom is 0.242 e. The molecular formula is C13H18BrClN2O. The van der Waals surface area contributed by atoms with Crippen molar-refractivity contribution in [2.24, 2.45) is 0 Å². The number of benzene rings is 1. The highest BCUT2D eigenvalue weighted by Crippen LogP contribution is 2.25. The smallest absolute Gasteiger partial charge is 0.242 e. The Morgan fingerprint density at radius 2 is 2.00 bits per heavy atom. The molecule has 0 heterocycles. The van der Waals surface area contributed by atoms with E-state index in [1.54, 1.807) is 6.07 Å². The number of rotatable bonds is 3. The Kier molecular flexibility index (Phi) is 5.05. The Hall–Kier alpha value is -0.740. The molecule has 5 heteroatoms. The number of anilines is 1. The summed E-state index contributed by atoms with van der Waals surface area (Å²) in [6.45, 7) is 7.67. The number of carbonyl (C=O) groups is 1. The molecule has 1 unspecified atom stereocenters. The lowest BCUT2D eigenvalue weighted by molar-refractivity contribution is -0.122. The van der Waals surface area contributed by atoms with Gasteiger partial charge >= 0.3 is 0 Å². The van der Waals surface area contributed by atoms with Crippen molar-refractivity contribution in [3.05, 3.63) is 27.7 Å². The summed E-state index contributed by atoms with van der Waals surface area (Å²) in [5.74, 6) is -0.0402. The van der Waals surface area contributed by atoms with Crippen LogP contribution >= 0.6 is 27.5 Å². The molecule has 0 fully saturated rings. The standard InChI is InChI=1S/C13H18BrClN2O/c1-8(12(18)17-13(2,3)4)16-9-5-6-10(14)11(15)7-9/h5-8,16H,1-4H3,(H,17,18). The summed E-state index contributed by atoms with van der Waals surface area (Å²) in [4.78, 5) is 11.9. The fourth-order valence-electron chi connectivity index (χ4n) is 1.38. The van der Waals surface area contributed by atoms with Crippen LogP contribution in [0.25, 0.3) is 0 Å². The highest BCUT2D eigenvalue weighted by molar-refractivity contribution is 9.10. The zero-order valence-corrected chi connectivity index (χ0v) is 13.3. The molecule has 0 aliphatic heterocycles. The molecule has 3 nitrogen and oxygen atoms in total. The lowest BCUT2D eigenvalue weighted by Gasteiger charge is -2.24. The molecule has 0 spiro atoms. The second kappa shape index (κ2) is 5.93. The first kappa shape index (κ1) is 15.3. The lowest BCUT2D eigenvalue weighted by atomic mass is 10.1. The Labute approximate surface area is 121 Å². The first-order chi connectivity index (χ1) is 8.19. The van der Waals surface area contributed by atoms with E-state index in [9.17, 15) is 4.79 Å². The molecule has 1 atom stereocenters. The summed E-state index contributed by atoms with van der Waals surface area (Å²) in [5, 5.41) is 6.65. The average molecular weight is 334 g/mol. The third-order valence-electron chi connectivity index (χ3n) is 2.19. The van der Waals surface area contributed by atoms with E-state index < -0.39 is 0 Å². The van der Waals surface area contributed by atoms with Crippen molar-refractivity contribution in [1.29, 1.82) is 0 Å². The van der Waals surface area contributed by atoms with Gasteiger partial charge in [0, 0.05) is 15.7 Å². The van der Waals surface area contributed by atoms with E-state index in [0.29, 0.717) is 5.02 Å². The Bertz CT molecular complexity index is 443. The number of nitrogens with one attached hydrogen (secondary N) is 2. The van der Waals surface area contributed by atoms with E-state index in [1.807, 2.05) is 39.8 Å². The predicted octanol–water partition coefficient (Wildman–Crippen LogP) is 3.82. The van der Waals surface area contributed by atoms with Crippen LogP contribution in [0.1, 0.15) is 27.7 Å². The van der Waals surface area contributed by atoms with Gasteiger partial charge in [0.15, 0.2) is 0 Å². The highest BCUT2D eigenvalue weighted by Gasteiger charge is 2.19. The minimum Gasteiger partial charge on any atom is -0.374 e. The topological polar surface area (TPSA) is 41.1 Å². The SMILES string of the molecule is CC(Nc1ccc(Br)c(Cl)c1)C(=O)NC(C)(C)C. The fraction of sp³-hybridized carbons (Fsp3) is 0.462. The van der Waals surface area contributed by atoms with Gasteiger partial charge < -0.3 is 10.6 Å². The van der Waals surface area contributed by atoms with Crippen LogP contribution in [0.3, 0.4) is 0 Å². The molecule has 1 aromatic carbocycles. The maximum absolute atomic E-state index is 11.9. The van der Waals surface area contributed by atoms with Crippen LogP contribution in [0.2, 0.25) is 5.02 Å². The maximum atomic E-state index is 11.9. The molecule has 0 radical (unpaired) electrons. The van der Waals surface area contributed by atoms with Gasteiger partial charge in [-0.3, -0.25) is 4.79 Å². The molecule has 0 saturated heterocycles. The van der Waals surface area contributed by atoms with E-state index in [4.69, 9.17) is 11.6 Å². The Balaban J connectivity index is 2.66. The Morgan fingerprint density at radius 1 is 1.39 bits per heavy atom. The van der Waals surface area contributed by atoms with E-state index >= 15 is 0 Å². The molecular weight excluding hydrogens is 316 g/mol. The molecule has 2 N–H and O–H groups in total. The van der Waals surface area contributed by atoms with Crippen molar-refractivity contribution in [1.82, 2.24) is 5.32 Å². The van der Waals surface area contributed by atoms with E-state index in [1.165, 1.54) is 0 Å². The van der Waals surface area contributed by atoms with Crippen LogP contribution in [0, 0.1) is 0 Å². The van der Waals surface area contributed by atoms with Gasteiger partial charge in [-0.25, -0.2) is 0 Å². The average Bonchev–Trinajstić information content (AvgIpc) is 2.21. The molecule has 18 heavy (non-hydrogen) atoms. The third kappa shape index (κ3) is 4.86. The van der Waals surface area contributed by atoms with Gasteiger partial charge in [-0.15, -0.1) is 0 Å². The van der Waals surface area contributed by atoms with Crippen molar-refractivity contribution in [2.45, 2.75) is 39.3 Å². The largest absolute Gasteiger partial charge is 0.374 e. The second-order valence-electron chi connectivity index (χ2n) is 5.23. The molecule has 100 valence electrons. The van der Waals surface area contributed by atoms with Gasteiger partial charge in [0.2, 0.25) is 5.91 Å². The number of carbonyl (C=O) groups excluding carboxylic acids is 1. The van der Waals surface area contributed by atoms with Crippen molar-refractivity contribution in [3.8, 4) is 0 Å². The van der Waals surface area contributed by atoms with Crippen LogP contribution < -0.4 is 10.6 Å². The summed E-state index contributed by atoms with van der Waals surface area (Å²) >= 11 is 9.32. The quantitative estimate of drug-likeness (QED) is 0.883. The molecule has 0 aromatic heterocycles. The molecule has 0 aliphatic rings. The van der Waals surface area contributed by atoms with Crippen LogP contribution in [0.5, 0.6) is 0 Å². The van der Waals surface area contributed by atoms with E-state index in [-0.39, 0.29) is 17.5 Å². The first-order valence-corrected chi connectivity index (χ1v) is 6.90. The van der Waals surface area contributed by atoms with Gasteiger partial charge in [-0.1, -0.05) is 11.6 Å². The van der Waals surface area contributed by atoms with Gasteiger partial charge in [0.05, 0.1) is 5.02 Å². The van der Waals surface area contributed by atoms with Gasteiger partial charge in [0.1, 0.15) is 6.04 Å². The zero-order valence-electron chi connectivity index (χ0n) is 11.0. The molecule has 1 amide bonds. The van der Waals surface area contributed by atoms with Gasteiger partial charge in [0.25, 0.3) is 0 Å². The minimum absolute atomic E-state index is 0.0402. The van der Waals surface area contributed by atoms with Crippen LogP contribution in [-0.4, -0.2) is 17.5 Å². The highest BCUT2D eigenvalue weighted by atomic mass is 79.9. The summed E-state index contributed by atoms with van der Waals surface area (Å²) in [7, 11) is 0. The molecule has 0 bridgehead atoms. The fourth-order valence-corrected chi connectivity index (χ4v) is 1.81. The van der Waals surface area contributed by atoms with E-state index in [0.717, 1.165) is 10.2 Å². The molecule has 0 saturated carbocycles. The molecule has 1 aromatic rings. The van der Waals surface area contributed by atoms with Gasteiger partial charge in [-0.05, 0) is 61.8 Å². The first-order valence-electron chi connectivity index (χ1n) is 5.72. The van der Waals surface area contributed by atoms with Crippen molar-refractivity contribution < 1.29 is 4.79 Å². The minimum atomic E-state index is -0.318. The van der Waals surface area contributed by atoms with E-state index in [2.05, 4.69) is 26.6 Å². The van der Waals surface area contributed by atoms with Crippen molar-refractivity contribution in [2.75, 3.05) is 5.32 Å². The predicted molar refractivity (Wildman–Crippen MR) is 80.1 cm³/mol. The third-order valence-corrected chi connectivity index (χ3v) is 3.43. The Morgan fingerprint density at radius 3 is 2.50 bits per heavy atom. The van der Waals surface area contributed by atoms with Crippen LogP contribution in [0.15, 0.2) is 22.7 Å². The second-order valence-corrected chi connectivity index (χ2v) is 6.50.